The van der Waals surface area contributed by atoms with Crippen molar-refractivity contribution in [1.82, 2.24) is 4.98 Å². The molecule has 0 spiro atoms. The van der Waals surface area contributed by atoms with Gasteiger partial charge in [-0.3, -0.25) is 14.9 Å². The largest absolute Gasteiger partial charge is 0.433 e. The first-order valence-corrected chi connectivity index (χ1v) is 9.48. The molecule has 4 rings (SSSR count). The molecule has 2 aromatic carbocycles. The summed E-state index contributed by atoms with van der Waals surface area (Å²) in [6.45, 7) is 1.85. The molecular weight excluding hydrogens is 411 g/mol. The van der Waals surface area contributed by atoms with Crippen molar-refractivity contribution in [3.8, 4) is 0 Å². The fourth-order valence-electron chi connectivity index (χ4n) is 2.69. The van der Waals surface area contributed by atoms with E-state index in [1.807, 2.05) is 13.0 Å². The molecule has 0 radical (unpaired) electrons. The number of rotatable bonds is 5. The lowest BCUT2D eigenvalue weighted by atomic mass is 10.1. The summed E-state index contributed by atoms with van der Waals surface area (Å²) in [7, 11) is 0. The van der Waals surface area contributed by atoms with Gasteiger partial charge in [0.15, 0.2) is 5.76 Å². The molecule has 0 aliphatic rings. The van der Waals surface area contributed by atoms with Gasteiger partial charge in [0.05, 0.1) is 22.5 Å². The van der Waals surface area contributed by atoms with E-state index in [2.05, 4.69) is 10.1 Å². The standard InChI is InChI=1S/C20H13FN4O4S/c1-12-3-2-4-13(9-12)19(26)24(22-11-15-6-8-18(29-15)25(27)28)20-23-16-7-5-14(21)10-17(16)30-20/h2-11H,1H3/b22-11+. The molecule has 0 fully saturated rings. The Morgan fingerprint density at radius 1 is 1.27 bits per heavy atom. The van der Waals surface area contributed by atoms with Crippen LogP contribution in [0.2, 0.25) is 0 Å². The number of amides is 1. The van der Waals surface area contributed by atoms with Gasteiger partial charge in [0, 0.05) is 5.56 Å². The van der Waals surface area contributed by atoms with Gasteiger partial charge in [-0.1, -0.05) is 29.0 Å². The van der Waals surface area contributed by atoms with Crippen molar-refractivity contribution in [3.63, 3.8) is 0 Å². The molecule has 0 bridgehead atoms. The quantitative estimate of drug-likeness (QED) is 0.257. The third kappa shape index (κ3) is 3.94. The third-order valence-corrected chi connectivity index (χ3v) is 5.06. The summed E-state index contributed by atoms with van der Waals surface area (Å²) in [5.41, 5.74) is 1.78. The SMILES string of the molecule is Cc1cccc(C(=O)N(/N=C/c2ccc([N+](=O)[O-])o2)c2nc3ccc(F)cc3s2)c1. The van der Waals surface area contributed by atoms with Gasteiger partial charge in [-0.2, -0.15) is 10.1 Å². The van der Waals surface area contributed by atoms with Crippen LogP contribution in [-0.4, -0.2) is 22.0 Å². The molecule has 0 atom stereocenters. The first-order chi connectivity index (χ1) is 14.4. The van der Waals surface area contributed by atoms with Crippen LogP contribution in [0.5, 0.6) is 0 Å². The Morgan fingerprint density at radius 2 is 2.10 bits per heavy atom. The highest BCUT2D eigenvalue weighted by atomic mass is 32.1. The molecule has 0 saturated carbocycles. The second-order valence-corrected chi connectivity index (χ2v) is 7.28. The molecule has 0 unspecified atom stereocenters. The van der Waals surface area contributed by atoms with Crippen molar-refractivity contribution in [2.24, 2.45) is 5.10 Å². The zero-order valence-corrected chi connectivity index (χ0v) is 16.3. The molecule has 1 amide bonds. The minimum absolute atomic E-state index is 0.0934. The molecule has 0 N–H and O–H groups in total. The molecule has 150 valence electrons. The number of thiazole rings is 1. The molecule has 0 saturated heterocycles. The number of aryl methyl sites for hydroxylation is 1. The zero-order valence-electron chi connectivity index (χ0n) is 15.5. The molecule has 2 aromatic heterocycles. The van der Waals surface area contributed by atoms with Crippen molar-refractivity contribution in [2.75, 3.05) is 5.01 Å². The Morgan fingerprint density at radius 3 is 2.83 bits per heavy atom. The number of nitro groups is 1. The van der Waals surface area contributed by atoms with E-state index in [0.717, 1.165) is 21.9 Å². The number of furan rings is 1. The molecule has 30 heavy (non-hydrogen) atoms. The summed E-state index contributed by atoms with van der Waals surface area (Å²) >= 11 is 1.09. The number of carbonyl (C=O) groups is 1. The van der Waals surface area contributed by atoms with Crippen LogP contribution in [0, 0.1) is 22.9 Å². The molecule has 10 heteroatoms. The van der Waals surface area contributed by atoms with Crippen molar-refractivity contribution >= 4 is 44.7 Å². The number of hydrazone groups is 1. The minimum Gasteiger partial charge on any atom is -0.400 e. The van der Waals surface area contributed by atoms with Gasteiger partial charge in [-0.15, -0.1) is 0 Å². The summed E-state index contributed by atoms with van der Waals surface area (Å²) in [6, 6.07) is 13.6. The third-order valence-electron chi connectivity index (χ3n) is 4.07. The maximum absolute atomic E-state index is 13.6. The summed E-state index contributed by atoms with van der Waals surface area (Å²) in [5, 5.41) is 16.2. The number of aromatic nitrogens is 1. The number of hydrogen-bond donors (Lipinski definition) is 0. The van der Waals surface area contributed by atoms with Crippen LogP contribution in [0.15, 0.2) is 64.1 Å². The van der Waals surface area contributed by atoms with Crippen LogP contribution in [0.4, 0.5) is 15.4 Å². The molecule has 0 aliphatic carbocycles. The Balaban J connectivity index is 1.75. The predicted octanol–water partition coefficient (Wildman–Crippen LogP) is 4.93. The number of fused-ring (bicyclic) bond motifs is 1. The Labute approximate surface area is 173 Å². The fourth-order valence-corrected chi connectivity index (χ4v) is 3.64. The van der Waals surface area contributed by atoms with Gasteiger partial charge in [0.2, 0.25) is 5.13 Å². The smallest absolute Gasteiger partial charge is 0.400 e. The first-order valence-electron chi connectivity index (χ1n) is 8.66. The normalized spacial score (nSPS) is 11.3. The maximum atomic E-state index is 13.6. The van der Waals surface area contributed by atoms with E-state index in [4.69, 9.17) is 4.42 Å². The molecule has 8 nitrogen and oxygen atoms in total. The van der Waals surface area contributed by atoms with Crippen LogP contribution in [0.25, 0.3) is 10.2 Å². The molecule has 2 heterocycles. The van der Waals surface area contributed by atoms with Crippen LogP contribution in [-0.2, 0) is 0 Å². The highest BCUT2D eigenvalue weighted by Crippen LogP contribution is 2.30. The summed E-state index contributed by atoms with van der Waals surface area (Å²) in [4.78, 5) is 27.6. The number of nitrogens with zero attached hydrogens (tertiary/aromatic N) is 4. The zero-order chi connectivity index (χ0) is 21.3. The van der Waals surface area contributed by atoms with Gasteiger partial charge in [0.25, 0.3) is 5.91 Å². The van der Waals surface area contributed by atoms with E-state index in [-0.39, 0.29) is 10.9 Å². The van der Waals surface area contributed by atoms with Crippen molar-refractivity contribution in [1.29, 1.82) is 0 Å². The Bertz CT molecular complexity index is 1300. The van der Waals surface area contributed by atoms with Gasteiger partial charge in [-0.25, -0.2) is 9.37 Å². The van der Waals surface area contributed by atoms with E-state index in [0.29, 0.717) is 15.8 Å². The maximum Gasteiger partial charge on any atom is 0.433 e. The lowest BCUT2D eigenvalue weighted by molar-refractivity contribution is -0.402. The lowest BCUT2D eigenvalue weighted by Crippen LogP contribution is -2.25. The van der Waals surface area contributed by atoms with Crippen molar-refractivity contribution < 1.29 is 18.5 Å². The Kier molecular flexibility index (Phi) is 5.07. The number of carbonyl (C=O) groups excluding carboxylic acids is 1. The summed E-state index contributed by atoms with van der Waals surface area (Å²) in [5.74, 6) is -1.23. The molecule has 0 aliphatic heterocycles. The van der Waals surface area contributed by atoms with Gasteiger partial charge >= 0.3 is 5.88 Å². The van der Waals surface area contributed by atoms with E-state index in [9.17, 15) is 19.3 Å². The van der Waals surface area contributed by atoms with E-state index >= 15 is 0 Å². The highest BCUT2D eigenvalue weighted by Gasteiger charge is 2.22. The van der Waals surface area contributed by atoms with Crippen LogP contribution >= 0.6 is 11.3 Å². The van der Waals surface area contributed by atoms with Gasteiger partial charge in [0.1, 0.15) is 10.7 Å². The monoisotopic (exact) mass is 424 g/mol. The van der Waals surface area contributed by atoms with Crippen LogP contribution < -0.4 is 5.01 Å². The van der Waals surface area contributed by atoms with Crippen molar-refractivity contribution in [2.45, 2.75) is 6.92 Å². The summed E-state index contributed by atoms with van der Waals surface area (Å²) in [6.07, 6.45) is 1.19. The average Bonchev–Trinajstić information content (AvgIpc) is 3.35. The summed E-state index contributed by atoms with van der Waals surface area (Å²) < 4.78 is 19.2. The van der Waals surface area contributed by atoms with E-state index < -0.39 is 22.5 Å². The van der Waals surface area contributed by atoms with Crippen LogP contribution in [0.3, 0.4) is 0 Å². The second-order valence-electron chi connectivity index (χ2n) is 6.27. The van der Waals surface area contributed by atoms with Crippen molar-refractivity contribution in [3.05, 3.63) is 87.4 Å². The topological polar surface area (TPSA) is 102 Å². The fraction of sp³-hybridized carbons (Fsp3) is 0.0500. The van der Waals surface area contributed by atoms with Crippen LogP contribution in [0.1, 0.15) is 21.7 Å². The lowest BCUT2D eigenvalue weighted by Gasteiger charge is -2.13. The first kappa shape index (κ1) is 19.4. The molecule has 4 aromatic rings. The average molecular weight is 424 g/mol. The number of hydrogen-bond acceptors (Lipinski definition) is 7. The van der Waals surface area contributed by atoms with Gasteiger partial charge in [-0.05, 0) is 43.3 Å². The number of anilines is 1. The van der Waals surface area contributed by atoms with Gasteiger partial charge < -0.3 is 4.42 Å². The minimum atomic E-state index is -0.672. The Hall–Kier alpha value is -3.92. The van der Waals surface area contributed by atoms with E-state index in [1.165, 1.54) is 36.5 Å². The number of benzene rings is 2. The van der Waals surface area contributed by atoms with E-state index in [1.54, 1.807) is 18.2 Å². The molecular formula is C20H13FN4O4S. The highest BCUT2D eigenvalue weighted by molar-refractivity contribution is 7.22. The predicted molar refractivity (Wildman–Crippen MR) is 111 cm³/mol. The second kappa shape index (κ2) is 7.84. The number of halogens is 1.